The Kier molecular flexibility index (Phi) is 4.01. The van der Waals surface area contributed by atoms with E-state index in [0.717, 1.165) is 32.9 Å². The van der Waals surface area contributed by atoms with E-state index >= 15 is 0 Å². The molecule has 3 heterocycles. The topological polar surface area (TPSA) is 97.6 Å². The van der Waals surface area contributed by atoms with Crippen LogP contribution in [-0.4, -0.2) is 14.5 Å². The second kappa shape index (κ2) is 6.83. The molecule has 6 nitrogen and oxygen atoms in total. The molecule has 0 unspecified atom stereocenters. The molecule has 3 aromatic heterocycles. The summed E-state index contributed by atoms with van der Waals surface area (Å²) in [5.41, 5.74) is 10.0. The third kappa shape index (κ3) is 2.86. The van der Waals surface area contributed by atoms with Crippen molar-refractivity contribution in [3.63, 3.8) is 0 Å². The van der Waals surface area contributed by atoms with Gasteiger partial charge in [-0.2, -0.15) is 5.26 Å². The molecule has 142 valence electrons. The second-order valence-electron chi connectivity index (χ2n) is 6.93. The first kappa shape index (κ1) is 17.6. The molecule has 30 heavy (non-hydrogen) atoms. The molecule has 0 amide bonds. The molecule has 0 bridgehead atoms. The van der Waals surface area contributed by atoms with E-state index in [1.807, 2.05) is 30.3 Å². The predicted molar refractivity (Wildman–Crippen MR) is 117 cm³/mol. The minimum atomic E-state index is -0.176. The largest absolute Gasteiger partial charge is 0.384 e. The fourth-order valence-corrected chi connectivity index (χ4v) is 3.64. The molecule has 2 N–H and O–H groups in total. The fraction of sp³-hybridized carbons (Fsp3) is 0. The Labute approximate surface area is 171 Å². The first-order valence-corrected chi connectivity index (χ1v) is 9.31. The van der Waals surface area contributed by atoms with Crippen LogP contribution < -0.4 is 11.3 Å². The molecule has 0 saturated carbocycles. The van der Waals surface area contributed by atoms with Crippen molar-refractivity contribution in [2.24, 2.45) is 0 Å². The molecule has 5 rings (SSSR count). The molecule has 0 saturated heterocycles. The molecular formula is C24H15N5O. The quantitative estimate of drug-likeness (QED) is 0.459. The highest BCUT2D eigenvalue weighted by Gasteiger charge is 2.12. The third-order valence-corrected chi connectivity index (χ3v) is 5.07. The molecule has 5 aromatic rings. The zero-order valence-electron chi connectivity index (χ0n) is 15.8. The summed E-state index contributed by atoms with van der Waals surface area (Å²) in [5, 5.41) is 10.9. The first-order valence-electron chi connectivity index (χ1n) is 9.31. The van der Waals surface area contributed by atoms with E-state index in [4.69, 9.17) is 5.73 Å². The normalized spacial score (nSPS) is 10.9. The summed E-state index contributed by atoms with van der Waals surface area (Å²) in [5.74, 6) is 0.456. The Morgan fingerprint density at radius 2 is 1.77 bits per heavy atom. The van der Waals surface area contributed by atoms with E-state index < -0.39 is 0 Å². The number of anilines is 1. The Hall–Kier alpha value is -4.50. The van der Waals surface area contributed by atoms with Crippen molar-refractivity contribution in [1.82, 2.24) is 14.5 Å². The summed E-state index contributed by atoms with van der Waals surface area (Å²) >= 11 is 0. The number of benzene rings is 2. The number of rotatable bonds is 2. The smallest absolute Gasteiger partial charge is 0.255 e. The summed E-state index contributed by atoms with van der Waals surface area (Å²) < 4.78 is 1.63. The number of fused-ring (bicyclic) bond motifs is 3. The Bertz CT molecular complexity index is 1530. The minimum absolute atomic E-state index is 0.176. The number of aromatic nitrogens is 3. The lowest BCUT2D eigenvalue weighted by molar-refractivity contribution is 1.05. The molecule has 0 aliphatic carbocycles. The number of nitriles is 1. The number of nitrogen functional groups attached to an aromatic ring is 1. The van der Waals surface area contributed by atoms with Gasteiger partial charge in [0.05, 0.1) is 28.4 Å². The lowest BCUT2D eigenvalue weighted by Crippen LogP contribution is -2.17. The van der Waals surface area contributed by atoms with Crippen LogP contribution in [0.1, 0.15) is 5.56 Å². The summed E-state index contributed by atoms with van der Waals surface area (Å²) in [6.07, 6.45) is 3.48. The van der Waals surface area contributed by atoms with E-state index in [9.17, 15) is 10.1 Å². The van der Waals surface area contributed by atoms with Gasteiger partial charge in [0.25, 0.3) is 5.56 Å². The van der Waals surface area contributed by atoms with Crippen molar-refractivity contribution in [3.8, 4) is 22.9 Å². The summed E-state index contributed by atoms with van der Waals surface area (Å²) in [4.78, 5) is 21.6. The third-order valence-electron chi connectivity index (χ3n) is 5.07. The Morgan fingerprint density at radius 3 is 2.57 bits per heavy atom. The van der Waals surface area contributed by atoms with Crippen molar-refractivity contribution in [3.05, 3.63) is 95.0 Å². The standard InChI is InChI=1S/C24H15N5O/c25-12-15-2-1-3-19(10-15)29-23(30)9-6-18-14-27-21-7-4-16(11-20(21)24(18)29)17-5-8-22(26)28-13-17/h1-11,13-14H,(H2,26,28). The van der Waals surface area contributed by atoms with Gasteiger partial charge in [0.1, 0.15) is 5.82 Å². The van der Waals surface area contributed by atoms with Crippen molar-refractivity contribution < 1.29 is 0 Å². The van der Waals surface area contributed by atoms with Gasteiger partial charge in [0, 0.05) is 34.8 Å². The van der Waals surface area contributed by atoms with Gasteiger partial charge in [-0.15, -0.1) is 0 Å². The highest BCUT2D eigenvalue weighted by molar-refractivity contribution is 6.05. The molecule has 6 heteroatoms. The van der Waals surface area contributed by atoms with Gasteiger partial charge in [0.15, 0.2) is 0 Å². The van der Waals surface area contributed by atoms with Gasteiger partial charge >= 0.3 is 0 Å². The van der Waals surface area contributed by atoms with Crippen molar-refractivity contribution in [1.29, 1.82) is 5.26 Å². The van der Waals surface area contributed by atoms with Crippen molar-refractivity contribution >= 4 is 27.6 Å². The van der Waals surface area contributed by atoms with Crippen LogP contribution in [0.2, 0.25) is 0 Å². The second-order valence-corrected chi connectivity index (χ2v) is 6.93. The molecule has 0 spiro atoms. The highest BCUT2D eigenvalue weighted by atomic mass is 16.1. The van der Waals surface area contributed by atoms with E-state index in [0.29, 0.717) is 17.1 Å². The lowest BCUT2D eigenvalue weighted by atomic mass is 10.0. The molecule has 0 atom stereocenters. The zero-order valence-corrected chi connectivity index (χ0v) is 15.8. The van der Waals surface area contributed by atoms with Crippen molar-refractivity contribution in [2.75, 3.05) is 5.73 Å². The van der Waals surface area contributed by atoms with Crippen LogP contribution in [0, 0.1) is 11.3 Å². The SMILES string of the molecule is N#Cc1cccc(-n2c(=O)ccc3cnc4ccc(-c5ccc(N)nc5)cc4c32)c1. The van der Waals surface area contributed by atoms with Gasteiger partial charge in [-0.3, -0.25) is 14.3 Å². The van der Waals surface area contributed by atoms with Gasteiger partial charge in [0.2, 0.25) is 0 Å². The molecular weight excluding hydrogens is 374 g/mol. The first-order chi connectivity index (χ1) is 14.6. The highest BCUT2D eigenvalue weighted by Crippen LogP contribution is 2.29. The maximum atomic E-state index is 12.9. The van der Waals surface area contributed by atoms with Gasteiger partial charge < -0.3 is 5.73 Å². The zero-order chi connectivity index (χ0) is 20.7. The average molecular weight is 389 g/mol. The van der Waals surface area contributed by atoms with Crippen LogP contribution in [-0.2, 0) is 0 Å². The van der Waals surface area contributed by atoms with Crippen LogP contribution in [0.4, 0.5) is 5.82 Å². The fourth-order valence-electron chi connectivity index (χ4n) is 3.64. The summed E-state index contributed by atoms with van der Waals surface area (Å²) in [6.45, 7) is 0. The van der Waals surface area contributed by atoms with E-state index in [1.165, 1.54) is 6.07 Å². The van der Waals surface area contributed by atoms with Crippen LogP contribution in [0.5, 0.6) is 0 Å². The number of pyridine rings is 3. The molecule has 2 aromatic carbocycles. The summed E-state index contributed by atoms with van der Waals surface area (Å²) in [7, 11) is 0. The number of hydrogen-bond donors (Lipinski definition) is 1. The maximum Gasteiger partial charge on any atom is 0.255 e. The number of hydrogen-bond acceptors (Lipinski definition) is 5. The van der Waals surface area contributed by atoms with Gasteiger partial charge in [-0.25, -0.2) is 4.98 Å². The Morgan fingerprint density at radius 1 is 0.900 bits per heavy atom. The van der Waals surface area contributed by atoms with Crippen LogP contribution in [0.15, 0.2) is 83.9 Å². The summed E-state index contributed by atoms with van der Waals surface area (Å²) in [6, 6.07) is 22.0. The molecule has 0 aliphatic rings. The van der Waals surface area contributed by atoms with E-state index in [1.54, 1.807) is 47.3 Å². The van der Waals surface area contributed by atoms with Crippen LogP contribution in [0.25, 0.3) is 38.6 Å². The number of nitrogens with zero attached hydrogens (tertiary/aromatic N) is 4. The molecule has 0 aliphatic heterocycles. The average Bonchev–Trinajstić information content (AvgIpc) is 2.79. The minimum Gasteiger partial charge on any atom is -0.384 e. The van der Waals surface area contributed by atoms with Crippen LogP contribution in [0.3, 0.4) is 0 Å². The van der Waals surface area contributed by atoms with E-state index in [-0.39, 0.29) is 5.56 Å². The number of nitrogens with two attached hydrogens (primary N) is 1. The lowest BCUT2D eigenvalue weighted by Gasteiger charge is -2.13. The maximum absolute atomic E-state index is 12.9. The van der Waals surface area contributed by atoms with Gasteiger partial charge in [-0.1, -0.05) is 12.1 Å². The Balaban J connectivity index is 1.87. The predicted octanol–water partition coefficient (Wildman–Crippen LogP) is 4.05. The monoisotopic (exact) mass is 389 g/mol. The molecule has 0 radical (unpaired) electrons. The van der Waals surface area contributed by atoms with Crippen LogP contribution >= 0.6 is 0 Å². The molecule has 0 fully saturated rings. The van der Waals surface area contributed by atoms with Crippen molar-refractivity contribution in [2.45, 2.75) is 0 Å². The van der Waals surface area contributed by atoms with Gasteiger partial charge in [-0.05, 0) is 54.1 Å². The van der Waals surface area contributed by atoms with E-state index in [2.05, 4.69) is 16.0 Å².